The molecule has 1 heterocycles. The Morgan fingerprint density at radius 1 is 1.27 bits per heavy atom. The van der Waals surface area contributed by atoms with Crippen LogP contribution in [0, 0.1) is 0 Å². The second-order valence-electron chi connectivity index (χ2n) is 4.10. The molecular weight excluding hydrogens is 216 g/mol. The molecule has 88 valence electrons. The lowest BCUT2D eigenvalue weighted by Crippen LogP contribution is -2.36. The zero-order valence-corrected chi connectivity index (χ0v) is 9.65. The Hall–Kier alpha value is -0.320. The van der Waals surface area contributed by atoms with Crippen LogP contribution in [-0.2, 0) is 9.53 Å². The summed E-state index contributed by atoms with van der Waals surface area (Å²) >= 11 is 0. The first-order valence-corrected chi connectivity index (χ1v) is 5.46. The number of amides is 1. The first-order valence-electron chi connectivity index (χ1n) is 5.46. The minimum atomic E-state index is 0. The Kier molecular flexibility index (Phi) is 5.36. The van der Waals surface area contributed by atoms with Crippen molar-refractivity contribution in [1.29, 1.82) is 0 Å². The van der Waals surface area contributed by atoms with Crippen LogP contribution in [0.15, 0.2) is 0 Å². The van der Waals surface area contributed by atoms with E-state index in [9.17, 15) is 4.79 Å². The van der Waals surface area contributed by atoms with E-state index in [1.165, 1.54) is 0 Å². The van der Waals surface area contributed by atoms with Gasteiger partial charge in [-0.15, -0.1) is 12.4 Å². The second kappa shape index (κ2) is 6.30. The van der Waals surface area contributed by atoms with Gasteiger partial charge in [0.1, 0.15) is 6.61 Å². The van der Waals surface area contributed by atoms with E-state index < -0.39 is 0 Å². The first-order chi connectivity index (χ1) is 6.84. The smallest absolute Gasteiger partial charge is 0.246 e. The number of rotatable bonds is 4. The Labute approximate surface area is 96.5 Å². The molecule has 1 aliphatic carbocycles. The van der Waals surface area contributed by atoms with Crippen LogP contribution in [-0.4, -0.2) is 37.7 Å². The van der Waals surface area contributed by atoms with Crippen LogP contribution in [0.4, 0.5) is 0 Å². The lowest BCUT2D eigenvalue weighted by Gasteiger charge is -2.22. The zero-order valence-electron chi connectivity index (χ0n) is 8.83. The van der Waals surface area contributed by atoms with Crippen molar-refractivity contribution in [1.82, 2.24) is 10.6 Å². The van der Waals surface area contributed by atoms with E-state index in [1.54, 1.807) is 0 Å². The van der Waals surface area contributed by atoms with Gasteiger partial charge < -0.3 is 15.4 Å². The van der Waals surface area contributed by atoms with E-state index in [4.69, 9.17) is 4.74 Å². The molecule has 1 saturated heterocycles. The lowest BCUT2D eigenvalue weighted by molar-refractivity contribution is -0.128. The molecule has 1 aliphatic heterocycles. The fraction of sp³-hybridized carbons (Fsp3) is 0.900. The van der Waals surface area contributed by atoms with Crippen molar-refractivity contribution < 1.29 is 9.53 Å². The molecule has 1 amide bonds. The summed E-state index contributed by atoms with van der Waals surface area (Å²) in [6.45, 7) is 2.25. The molecule has 2 N–H and O–H groups in total. The summed E-state index contributed by atoms with van der Waals surface area (Å²) in [7, 11) is 0. The van der Waals surface area contributed by atoms with Crippen LogP contribution >= 0.6 is 12.4 Å². The average Bonchev–Trinajstić information content (AvgIpc) is 3.00. The number of nitrogens with one attached hydrogen (secondary N) is 2. The van der Waals surface area contributed by atoms with Gasteiger partial charge in [0.25, 0.3) is 0 Å². The normalized spacial score (nSPS) is 21.9. The summed E-state index contributed by atoms with van der Waals surface area (Å²) in [6.07, 6.45) is 4.60. The molecule has 0 spiro atoms. The predicted molar refractivity (Wildman–Crippen MR) is 60.3 cm³/mol. The summed E-state index contributed by atoms with van der Waals surface area (Å²) in [5.41, 5.74) is 0. The van der Waals surface area contributed by atoms with Gasteiger partial charge >= 0.3 is 0 Å². The molecular formula is C10H19ClN2O2. The Bertz CT molecular complexity index is 204. The van der Waals surface area contributed by atoms with Gasteiger partial charge in [0.05, 0.1) is 6.10 Å². The molecule has 0 unspecified atom stereocenters. The molecule has 0 atom stereocenters. The van der Waals surface area contributed by atoms with Gasteiger partial charge in [-0.2, -0.15) is 0 Å². The number of piperidine rings is 1. The van der Waals surface area contributed by atoms with E-state index in [0.717, 1.165) is 38.8 Å². The number of carbonyl (C=O) groups excluding carboxylic acids is 1. The van der Waals surface area contributed by atoms with Crippen LogP contribution in [0.1, 0.15) is 25.7 Å². The van der Waals surface area contributed by atoms with Crippen molar-refractivity contribution in [2.45, 2.75) is 37.8 Å². The maximum absolute atomic E-state index is 11.3. The van der Waals surface area contributed by atoms with Gasteiger partial charge in [0.2, 0.25) is 5.91 Å². The van der Waals surface area contributed by atoms with Gasteiger partial charge in [-0.25, -0.2) is 0 Å². The maximum Gasteiger partial charge on any atom is 0.246 e. The predicted octanol–water partition coefficient (Wildman–Crippen LogP) is 0.455. The molecule has 2 rings (SSSR count). The molecule has 0 radical (unpaired) electrons. The molecule has 1 saturated carbocycles. The quantitative estimate of drug-likeness (QED) is 0.743. The van der Waals surface area contributed by atoms with Gasteiger partial charge in [0, 0.05) is 6.04 Å². The summed E-state index contributed by atoms with van der Waals surface area (Å²) in [4.78, 5) is 11.3. The summed E-state index contributed by atoms with van der Waals surface area (Å²) < 4.78 is 5.52. The first kappa shape index (κ1) is 12.7. The number of hydrogen-bond donors (Lipinski definition) is 2. The number of ether oxygens (including phenoxy) is 1. The van der Waals surface area contributed by atoms with Gasteiger partial charge in [-0.1, -0.05) is 0 Å². The Morgan fingerprint density at radius 3 is 2.53 bits per heavy atom. The second-order valence-corrected chi connectivity index (χ2v) is 4.10. The van der Waals surface area contributed by atoms with E-state index in [2.05, 4.69) is 10.6 Å². The third-order valence-electron chi connectivity index (χ3n) is 2.68. The third kappa shape index (κ3) is 4.82. The van der Waals surface area contributed by atoms with Crippen LogP contribution in [0.5, 0.6) is 0 Å². The van der Waals surface area contributed by atoms with Crippen LogP contribution < -0.4 is 10.6 Å². The molecule has 5 heteroatoms. The molecule has 4 nitrogen and oxygen atoms in total. The van der Waals surface area contributed by atoms with Crippen molar-refractivity contribution >= 4 is 18.3 Å². The Balaban J connectivity index is 0.00000112. The Morgan fingerprint density at radius 2 is 1.93 bits per heavy atom. The molecule has 2 fully saturated rings. The van der Waals surface area contributed by atoms with Crippen LogP contribution in [0.2, 0.25) is 0 Å². The monoisotopic (exact) mass is 234 g/mol. The largest absolute Gasteiger partial charge is 0.368 e. The fourth-order valence-corrected chi connectivity index (χ4v) is 1.65. The summed E-state index contributed by atoms with van der Waals surface area (Å²) in [5.74, 6) is 0.0473. The molecule has 2 aliphatic rings. The molecule has 0 aromatic heterocycles. The van der Waals surface area contributed by atoms with Crippen LogP contribution in [0.3, 0.4) is 0 Å². The van der Waals surface area contributed by atoms with Gasteiger partial charge in [0.15, 0.2) is 0 Å². The van der Waals surface area contributed by atoms with Crippen molar-refractivity contribution in [3.8, 4) is 0 Å². The van der Waals surface area contributed by atoms with E-state index in [-0.39, 0.29) is 31.0 Å². The van der Waals surface area contributed by atoms with E-state index in [1.807, 2.05) is 0 Å². The van der Waals surface area contributed by atoms with Crippen molar-refractivity contribution in [2.24, 2.45) is 0 Å². The van der Waals surface area contributed by atoms with Gasteiger partial charge in [-0.3, -0.25) is 4.79 Å². The number of hydrogen-bond acceptors (Lipinski definition) is 3. The molecule has 0 aromatic rings. The van der Waals surface area contributed by atoms with Crippen molar-refractivity contribution in [3.63, 3.8) is 0 Å². The fourth-order valence-electron chi connectivity index (χ4n) is 1.65. The summed E-state index contributed by atoms with van der Waals surface area (Å²) in [6, 6.07) is 0.444. The van der Waals surface area contributed by atoms with Crippen LogP contribution in [0.25, 0.3) is 0 Å². The zero-order chi connectivity index (χ0) is 9.80. The third-order valence-corrected chi connectivity index (χ3v) is 2.68. The average molecular weight is 235 g/mol. The molecule has 0 aromatic carbocycles. The molecule has 15 heavy (non-hydrogen) atoms. The van der Waals surface area contributed by atoms with Gasteiger partial charge in [-0.05, 0) is 38.8 Å². The van der Waals surface area contributed by atoms with E-state index >= 15 is 0 Å². The minimum absolute atomic E-state index is 0. The highest BCUT2D eigenvalue weighted by molar-refractivity contribution is 5.85. The number of halogens is 1. The lowest BCUT2D eigenvalue weighted by atomic mass is 10.1. The minimum Gasteiger partial charge on any atom is -0.368 e. The standard InChI is InChI=1S/C10H18N2O2.ClH/c13-10(12-8-1-2-8)7-14-9-3-5-11-6-4-9;/h8-9,11H,1-7H2,(H,12,13);1H. The van der Waals surface area contributed by atoms with Crippen molar-refractivity contribution in [2.75, 3.05) is 19.7 Å². The van der Waals surface area contributed by atoms with E-state index in [0.29, 0.717) is 6.04 Å². The summed E-state index contributed by atoms with van der Waals surface area (Å²) in [5, 5.41) is 6.18. The van der Waals surface area contributed by atoms with Crippen molar-refractivity contribution in [3.05, 3.63) is 0 Å². The maximum atomic E-state index is 11.3. The highest BCUT2D eigenvalue weighted by atomic mass is 35.5. The highest BCUT2D eigenvalue weighted by Crippen LogP contribution is 2.18. The topological polar surface area (TPSA) is 50.4 Å². The highest BCUT2D eigenvalue weighted by Gasteiger charge is 2.23. The molecule has 0 bridgehead atoms. The number of carbonyl (C=O) groups is 1. The SMILES string of the molecule is Cl.O=C(COC1CCNCC1)NC1CC1.